The molecule has 0 aliphatic carbocycles. The van der Waals surface area contributed by atoms with Crippen molar-refractivity contribution in [1.82, 2.24) is 0 Å². The fourth-order valence-electron chi connectivity index (χ4n) is 2.72. The van der Waals surface area contributed by atoms with Crippen molar-refractivity contribution < 1.29 is 25.2 Å². The summed E-state index contributed by atoms with van der Waals surface area (Å²) in [6, 6.07) is 0. The Morgan fingerprint density at radius 2 is 1.04 bits per heavy atom. The summed E-state index contributed by atoms with van der Waals surface area (Å²) < 4.78 is 0. The minimum atomic E-state index is -0.739. The molecule has 0 heterocycles. The average Bonchev–Trinajstić information content (AvgIpc) is 2.52. The molecule has 0 fully saturated rings. The summed E-state index contributed by atoms with van der Waals surface area (Å²) in [6.07, 6.45) is 10.9. The Morgan fingerprint density at radius 1 is 0.667 bits per heavy atom. The zero-order valence-corrected chi connectivity index (χ0v) is 14.5. The van der Waals surface area contributed by atoms with Crippen LogP contribution in [0, 0.1) is 0 Å². The Labute approximate surface area is 169 Å². The number of carboxylic acids is 1. The zero-order chi connectivity index (χ0) is 17.3. The minimum absolute atomic E-state index is 0. The monoisotopic (exact) mass is 356 g/mol. The van der Waals surface area contributed by atoms with Gasteiger partial charge >= 0.3 is 35.5 Å². The first-order valence-corrected chi connectivity index (χ1v) is 9.26. The van der Waals surface area contributed by atoms with Crippen LogP contribution in [0.15, 0.2) is 0 Å². The first kappa shape index (κ1) is 26.6. The van der Waals surface area contributed by atoms with Gasteiger partial charge in [-0.25, -0.2) is 0 Å². The van der Waals surface area contributed by atoms with Crippen LogP contribution in [0.25, 0.3) is 0 Å². The molecule has 24 heavy (non-hydrogen) atoms. The van der Waals surface area contributed by atoms with E-state index in [9.17, 15) is 15.0 Å². The molecule has 5 nitrogen and oxygen atoms in total. The van der Waals surface area contributed by atoms with Crippen LogP contribution in [-0.2, 0) is 4.79 Å². The molecule has 0 aromatic rings. The summed E-state index contributed by atoms with van der Waals surface area (Å²) in [7, 11) is 0. The van der Waals surface area contributed by atoms with E-state index in [0.717, 1.165) is 70.6 Å². The van der Waals surface area contributed by atoms with Crippen LogP contribution in [-0.4, -0.2) is 74.8 Å². The summed E-state index contributed by atoms with van der Waals surface area (Å²) in [5.41, 5.74) is 0. The van der Waals surface area contributed by atoms with E-state index in [4.69, 9.17) is 10.2 Å². The number of rotatable bonds is 17. The molecule has 0 radical (unpaired) electrons. The van der Waals surface area contributed by atoms with Crippen LogP contribution in [0.5, 0.6) is 0 Å². The first-order chi connectivity index (χ1) is 11.1. The van der Waals surface area contributed by atoms with E-state index in [2.05, 4.69) is 0 Å². The van der Waals surface area contributed by atoms with Crippen molar-refractivity contribution in [3.05, 3.63) is 0 Å². The Kier molecular flexibility index (Phi) is 21.8. The van der Waals surface area contributed by atoms with Crippen molar-refractivity contribution >= 4 is 35.5 Å². The van der Waals surface area contributed by atoms with E-state index in [0.29, 0.717) is 12.8 Å². The second-order valence-corrected chi connectivity index (χ2v) is 6.47. The number of aliphatic hydroxyl groups excluding tert-OH is 3. The molecular formula is C18H37NaO5. The van der Waals surface area contributed by atoms with Crippen molar-refractivity contribution in [2.75, 3.05) is 6.61 Å². The van der Waals surface area contributed by atoms with Gasteiger partial charge in [0.05, 0.1) is 12.2 Å². The molecule has 140 valence electrons. The van der Waals surface area contributed by atoms with Gasteiger partial charge in [-0.15, -0.1) is 0 Å². The standard InChI is InChI=1S/C18H36O5.Na.H/c19-15-11-7-2-1-4-8-12-16(20)17(21)13-9-5-3-6-10-14-18(22)23;;/h16-17,19-21H,1-15H2,(H,22,23);;. The molecular weight excluding hydrogens is 319 g/mol. The number of aliphatic carboxylic acids is 1. The van der Waals surface area contributed by atoms with E-state index < -0.39 is 18.2 Å². The maximum atomic E-state index is 10.4. The van der Waals surface area contributed by atoms with Crippen LogP contribution in [0.4, 0.5) is 0 Å². The molecule has 0 aromatic carbocycles. The molecule has 0 spiro atoms. The third kappa shape index (κ3) is 18.7. The molecule has 6 heteroatoms. The normalized spacial score (nSPS) is 13.3. The van der Waals surface area contributed by atoms with Gasteiger partial charge in [-0.3, -0.25) is 4.79 Å². The number of aliphatic hydroxyl groups is 3. The number of carbonyl (C=O) groups is 1. The average molecular weight is 356 g/mol. The molecule has 2 atom stereocenters. The molecule has 0 saturated heterocycles. The van der Waals surface area contributed by atoms with Crippen molar-refractivity contribution in [3.63, 3.8) is 0 Å². The van der Waals surface area contributed by atoms with E-state index in [1.807, 2.05) is 0 Å². The fourth-order valence-corrected chi connectivity index (χ4v) is 2.72. The fraction of sp³-hybridized carbons (Fsp3) is 0.944. The number of unbranched alkanes of at least 4 members (excludes halogenated alkanes) is 9. The van der Waals surface area contributed by atoms with Gasteiger partial charge in [-0.2, -0.15) is 0 Å². The van der Waals surface area contributed by atoms with Crippen molar-refractivity contribution in [2.45, 2.75) is 102 Å². The van der Waals surface area contributed by atoms with Crippen molar-refractivity contribution in [2.24, 2.45) is 0 Å². The Balaban J connectivity index is 0. The Morgan fingerprint density at radius 3 is 1.46 bits per heavy atom. The summed E-state index contributed by atoms with van der Waals surface area (Å²) >= 11 is 0. The second kappa shape index (κ2) is 19.7. The van der Waals surface area contributed by atoms with Gasteiger partial charge in [-0.1, -0.05) is 57.8 Å². The summed E-state index contributed by atoms with van der Waals surface area (Å²) in [5.74, 6) is -0.739. The van der Waals surface area contributed by atoms with Crippen molar-refractivity contribution in [3.8, 4) is 0 Å². The van der Waals surface area contributed by atoms with Crippen LogP contribution >= 0.6 is 0 Å². The summed E-state index contributed by atoms with van der Waals surface area (Å²) in [4.78, 5) is 10.4. The SMILES string of the molecule is O=C(O)CCCCCCCC(O)C(O)CCCCCCCCO.[NaH]. The number of hydrogen-bond donors (Lipinski definition) is 4. The third-order valence-corrected chi connectivity index (χ3v) is 4.24. The predicted molar refractivity (Wildman–Crippen MR) is 98.5 cm³/mol. The predicted octanol–water partition coefficient (Wildman–Crippen LogP) is 2.60. The van der Waals surface area contributed by atoms with E-state index >= 15 is 0 Å². The van der Waals surface area contributed by atoms with E-state index in [1.165, 1.54) is 0 Å². The third-order valence-electron chi connectivity index (χ3n) is 4.24. The van der Waals surface area contributed by atoms with Crippen LogP contribution < -0.4 is 0 Å². The molecule has 0 aromatic heterocycles. The topological polar surface area (TPSA) is 98.0 Å². The molecule has 0 rings (SSSR count). The van der Waals surface area contributed by atoms with E-state index in [-0.39, 0.29) is 42.6 Å². The molecule has 0 saturated carbocycles. The van der Waals surface area contributed by atoms with Crippen LogP contribution in [0.1, 0.15) is 89.9 Å². The molecule has 0 aliphatic rings. The van der Waals surface area contributed by atoms with Crippen LogP contribution in [0.2, 0.25) is 0 Å². The molecule has 0 aliphatic heterocycles. The quantitative estimate of drug-likeness (QED) is 0.237. The van der Waals surface area contributed by atoms with Gasteiger partial charge in [0.25, 0.3) is 0 Å². The molecule has 4 N–H and O–H groups in total. The first-order valence-electron chi connectivity index (χ1n) is 9.26. The van der Waals surface area contributed by atoms with Gasteiger partial charge in [0.1, 0.15) is 0 Å². The molecule has 0 bridgehead atoms. The summed E-state index contributed by atoms with van der Waals surface area (Å²) in [6.45, 7) is 0.268. The van der Waals surface area contributed by atoms with Crippen molar-refractivity contribution in [1.29, 1.82) is 0 Å². The van der Waals surface area contributed by atoms with Gasteiger partial charge < -0.3 is 20.4 Å². The van der Waals surface area contributed by atoms with Crippen LogP contribution in [0.3, 0.4) is 0 Å². The van der Waals surface area contributed by atoms with Gasteiger partial charge in [0.2, 0.25) is 0 Å². The Bertz CT molecular complexity index is 276. The van der Waals surface area contributed by atoms with Gasteiger partial charge in [0, 0.05) is 13.0 Å². The second-order valence-electron chi connectivity index (χ2n) is 6.47. The molecule has 2 unspecified atom stereocenters. The van der Waals surface area contributed by atoms with Gasteiger partial charge in [0.15, 0.2) is 0 Å². The van der Waals surface area contributed by atoms with Gasteiger partial charge in [-0.05, 0) is 25.7 Å². The number of hydrogen-bond acceptors (Lipinski definition) is 4. The zero-order valence-electron chi connectivity index (χ0n) is 14.5. The summed E-state index contributed by atoms with van der Waals surface area (Å²) in [5, 5.41) is 37.0. The Hall–Kier alpha value is 0.350. The maximum absolute atomic E-state index is 10.4. The van der Waals surface area contributed by atoms with E-state index in [1.54, 1.807) is 0 Å². The molecule has 0 amide bonds. The number of carboxylic acid groups (broad SMARTS) is 1.